The van der Waals surface area contributed by atoms with Crippen LogP contribution in [0.4, 0.5) is 11.8 Å². The van der Waals surface area contributed by atoms with E-state index in [9.17, 15) is 9.59 Å². The Bertz CT molecular complexity index is 1000. The minimum absolute atomic E-state index is 0.262. The molecule has 1 saturated heterocycles. The number of carbonyl (C=O) groups excluding carboxylic acids is 2. The number of piperidine rings is 1. The Morgan fingerprint density at radius 3 is 2.73 bits per heavy atom. The van der Waals surface area contributed by atoms with E-state index in [0.29, 0.717) is 49.9 Å². The second-order valence-corrected chi connectivity index (χ2v) is 7.37. The highest BCUT2D eigenvalue weighted by Crippen LogP contribution is 2.27. The number of nitrogens with zero attached hydrogens (tertiary/aromatic N) is 3. The summed E-state index contributed by atoms with van der Waals surface area (Å²) in [5.74, 6) is -0.143. The summed E-state index contributed by atoms with van der Waals surface area (Å²) < 4.78 is 16.2. The van der Waals surface area contributed by atoms with Crippen molar-refractivity contribution in [3.8, 4) is 0 Å². The van der Waals surface area contributed by atoms with Gasteiger partial charge in [0, 0.05) is 19.2 Å². The predicted octanol–water partition coefficient (Wildman–Crippen LogP) is 3.30. The van der Waals surface area contributed by atoms with Crippen LogP contribution < -0.4 is 10.2 Å². The number of carbonyl (C=O) groups is 2. The highest BCUT2D eigenvalue weighted by molar-refractivity contribution is 5.94. The van der Waals surface area contributed by atoms with Crippen LogP contribution in [-0.4, -0.2) is 41.2 Å². The van der Waals surface area contributed by atoms with E-state index in [1.807, 2.05) is 29.2 Å². The number of benzene rings is 1. The molecule has 3 heterocycles. The third-order valence-electron chi connectivity index (χ3n) is 5.18. The highest BCUT2D eigenvalue weighted by atomic mass is 16.5. The molecule has 1 fully saturated rings. The van der Waals surface area contributed by atoms with Gasteiger partial charge in [-0.15, -0.1) is 0 Å². The highest BCUT2D eigenvalue weighted by Gasteiger charge is 2.31. The number of fused-ring (bicyclic) bond motifs is 1. The summed E-state index contributed by atoms with van der Waals surface area (Å²) in [6, 6.07) is 9.78. The molecule has 1 aliphatic rings. The molecule has 158 valence electrons. The lowest BCUT2D eigenvalue weighted by molar-refractivity contribution is -0.159. The van der Waals surface area contributed by atoms with E-state index in [1.54, 1.807) is 19.9 Å². The van der Waals surface area contributed by atoms with Crippen LogP contribution in [0.1, 0.15) is 31.9 Å². The van der Waals surface area contributed by atoms with Crippen LogP contribution in [-0.2, 0) is 14.3 Å². The number of anilines is 2. The number of amides is 1. The zero-order valence-corrected chi connectivity index (χ0v) is 17.0. The van der Waals surface area contributed by atoms with E-state index < -0.39 is 12.0 Å². The maximum Gasteiger partial charge on any atom is 0.309 e. The molecule has 1 unspecified atom stereocenters. The fourth-order valence-electron chi connectivity index (χ4n) is 3.49. The largest absolute Gasteiger partial charge is 0.452 e. The second kappa shape index (κ2) is 8.56. The predicted molar refractivity (Wildman–Crippen MR) is 109 cm³/mol. The van der Waals surface area contributed by atoms with Crippen LogP contribution >= 0.6 is 0 Å². The van der Waals surface area contributed by atoms with Gasteiger partial charge in [-0.25, -0.2) is 0 Å². The summed E-state index contributed by atoms with van der Waals surface area (Å²) in [6.07, 6.45) is 0.719. The number of rotatable bonds is 6. The molecule has 1 atom stereocenters. The molecule has 30 heavy (non-hydrogen) atoms. The summed E-state index contributed by atoms with van der Waals surface area (Å²) >= 11 is 0. The van der Waals surface area contributed by atoms with Crippen LogP contribution in [0.5, 0.6) is 0 Å². The van der Waals surface area contributed by atoms with Gasteiger partial charge in [0.2, 0.25) is 0 Å². The molecular weight excluding hydrogens is 388 g/mol. The number of aryl methyl sites for hydroxylation is 1. The molecule has 1 N–H and O–H groups in total. The minimum atomic E-state index is -0.871. The second-order valence-electron chi connectivity index (χ2n) is 7.37. The van der Waals surface area contributed by atoms with Gasteiger partial charge in [0.25, 0.3) is 11.9 Å². The SMILES string of the molecule is CCC(OC(=O)C1CCN(c2nc3ccccc3o2)CC1)C(=O)Nc1cc(C)on1. The van der Waals surface area contributed by atoms with Crippen molar-refractivity contribution in [1.82, 2.24) is 10.1 Å². The van der Waals surface area contributed by atoms with E-state index in [1.165, 1.54) is 0 Å². The van der Waals surface area contributed by atoms with Crippen LogP contribution in [0.3, 0.4) is 0 Å². The number of oxazole rings is 1. The van der Waals surface area contributed by atoms with Crippen molar-refractivity contribution in [3.05, 3.63) is 36.1 Å². The molecular formula is C21H24N4O5. The lowest BCUT2D eigenvalue weighted by atomic mass is 9.97. The van der Waals surface area contributed by atoms with Crippen molar-refractivity contribution in [2.45, 2.75) is 39.2 Å². The molecule has 0 radical (unpaired) electrons. The average molecular weight is 412 g/mol. The number of aromatic nitrogens is 2. The first-order chi connectivity index (χ1) is 14.5. The van der Waals surface area contributed by atoms with Crippen LogP contribution in [0.2, 0.25) is 0 Å². The van der Waals surface area contributed by atoms with Gasteiger partial charge in [0.05, 0.1) is 5.92 Å². The summed E-state index contributed by atoms with van der Waals surface area (Å²) in [7, 11) is 0. The Morgan fingerprint density at radius 1 is 1.30 bits per heavy atom. The van der Waals surface area contributed by atoms with E-state index in [2.05, 4.69) is 15.5 Å². The van der Waals surface area contributed by atoms with E-state index in [-0.39, 0.29) is 11.9 Å². The molecule has 9 nitrogen and oxygen atoms in total. The third kappa shape index (κ3) is 4.29. The zero-order valence-electron chi connectivity index (χ0n) is 17.0. The van der Waals surface area contributed by atoms with Gasteiger partial charge in [0.15, 0.2) is 17.5 Å². The van der Waals surface area contributed by atoms with E-state index >= 15 is 0 Å². The Kier molecular flexibility index (Phi) is 5.69. The first-order valence-corrected chi connectivity index (χ1v) is 10.1. The van der Waals surface area contributed by atoms with Crippen molar-refractivity contribution in [2.24, 2.45) is 5.92 Å². The van der Waals surface area contributed by atoms with Crippen molar-refractivity contribution in [2.75, 3.05) is 23.3 Å². The lowest BCUT2D eigenvalue weighted by Gasteiger charge is -2.30. The minimum Gasteiger partial charge on any atom is -0.452 e. The lowest BCUT2D eigenvalue weighted by Crippen LogP contribution is -2.39. The van der Waals surface area contributed by atoms with Gasteiger partial charge in [-0.3, -0.25) is 9.59 Å². The van der Waals surface area contributed by atoms with Gasteiger partial charge in [-0.2, -0.15) is 4.98 Å². The number of esters is 1. The molecule has 0 spiro atoms. The standard InChI is InChI=1S/C21H24N4O5/c1-3-16(19(26)23-18-12-13(2)30-24-18)28-20(27)14-8-10-25(11-9-14)21-22-15-6-4-5-7-17(15)29-21/h4-7,12,14,16H,3,8-11H2,1-2H3,(H,23,24,26). The first-order valence-electron chi connectivity index (χ1n) is 10.1. The quantitative estimate of drug-likeness (QED) is 0.614. The Labute approximate surface area is 173 Å². The Balaban J connectivity index is 1.31. The monoisotopic (exact) mass is 412 g/mol. The number of hydrogen-bond acceptors (Lipinski definition) is 8. The third-order valence-corrected chi connectivity index (χ3v) is 5.18. The molecule has 4 rings (SSSR count). The van der Waals surface area contributed by atoms with Crippen LogP contribution in [0.15, 0.2) is 39.3 Å². The Hall–Kier alpha value is -3.36. The summed E-state index contributed by atoms with van der Waals surface area (Å²) in [6.45, 7) is 4.79. The van der Waals surface area contributed by atoms with Gasteiger partial charge in [0.1, 0.15) is 11.3 Å². The van der Waals surface area contributed by atoms with Crippen molar-refractivity contribution in [1.29, 1.82) is 0 Å². The van der Waals surface area contributed by atoms with Gasteiger partial charge in [-0.1, -0.05) is 24.2 Å². The molecule has 1 amide bonds. The van der Waals surface area contributed by atoms with Crippen LogP contribution in [0, 0.1) is 12.8 Å². The zero-order chi connectivity index (χ0) is 21.1. The van der Waals surface area contributed by atoms with Crippen molar-refractivity contribution < 1.29 is 23.3 Å². The molecule has 2 aromatic heterocycles. The molecule has 1 aliphatic heterocycles. The molecule has 0 bridgehead atoms. The maximum atomic E-state index is 12.6. The van der Waals surface area contributed by atoms with E-state index in [4.69, 9.17) is 13.7 Å². The molecule has 0 saturated carbocycles. The number of nitrogens with one attached hydrogen (secondary N) is 1. The molecule has 9 heteroatoms. The maximum absolute atomic E-state index is 12.6. The van der Waals surface area contributed by atoms with Gasteiger partial charge >= 0.3 is 5.97 Å². The number of para-hydroxylation sites is 2. The topological polar surface area (TPSA) is 111 Å². The van der Waals surface area contributed by atoms with Crippen molar-refractivity contribution >= 4 is 34.8 Å². The first kappa shape index (κ1) is 19.9. The van der Waals surface area contributed by atoms with Gasteiger partial charge < -0.3 is 23.9 Å². The fourth-order valence-corrected chi connectivity index (χ4v) is 3.49. The van der Waals surface area contributed by atoms with E-state index in [0.717, 1.165) is 11.1 Å². The molecule has 1 aromatic carbocycles. The number of ether oxygens (including phenoxy) is 1. The molecule has 0 aliphatic carbocycles. The average Bonchev–Trinajstić information content (AvgIpc) is 3.37. The summed E-state index contributed by atoms with van der Waals surface area (Å²) in [5.41, 5.74) is 1.56. The van der Waals surface area contributed by atoms with Crippen molar-refractivity contribution in [3.63, 3.8) is 0 Å². The molecule has 3 aromatic rings. The normalized spacial score (nSPS) is 15.9. The summed E-state index contributed by atoms with van der Waals surface area (Å²) in [4.78, 5) is 31.6. The smallest absolute Gasteiger partial charge is 0.309 e. The van der Waals surface area contributed by atoms with Crippen LogP contribution in [0.25, 0.3) is 11.1 Å². The van der Waals surface area contributed by atoms with Gasteiger partial charge in [-0.05, 0) is 38.3 Å². The fraction of sp³-hybridized carbons (Fsp3) is 0.429. The Morgan fingerprint density at radius 2 is 2.07 bits per heavy atom. The number of hydrogen-bond donors (Lipinski definition) is 1. The summed E-state index contributed by atoms with van der Waals surface area (Å²) in [5, 5.41) is 6.34.